The Morgan fingerprint density at radius 1 is 1.00 bits per heavy atom. The largest absolute Gasteiger partial charge is 0.466 e. The van der Waals surface area contributed by atoms with E-state index >= 15 is 0 Å². The molecule has 2 nitrogen and oxygen atoms in total. The maximum Gasteiger partial charge on any atom is 0.306 e. The van der Waals surface area contributed by atoms with Crippen LogP contribution in [0.1, 0.15) is 83.3 Å². The summed E-state index contributed by atoms with van der Waals surface area (Å²) >= 11 is 0. The van der Waals surface area contributed by atoms with E-state index in [4.69, 9.17) is 4.74 Å². The Balaban J connectivity index is 0.000000816. The minimum atomic E-state index is -0.0248. The highest BCUT2D eigenvalue weighted by Gasteiger charge is 2.24. The number of aryl methyl sites for hydroxylation is 1. The minimum absolute atomic E-state index is 0.0248. The number of carbonyl (C=O) groups excluding carboxylic acids is 1. The third-order valence-corrected chi connectivity index (χ3v) is 4.47. The van der Waals surface area contributed by atoms with E-state index in [9.17, 15) is 4.79 Å². The van der Waals surface area contributed by atoms with Gasteiger partial charge in [0.2, 0.25) is 0 Å². The van der Waals surface area contributed by atoms with E-state index in [2.05, 4.69) is 45.0 Å². The molecule has 1 saturated carbocycles. The first-order valence-corrected chi connectivity index (χ1v) is 9.38. The van der Waals surface area contributed by atoms with Crippen molar-refractivity contribution < 1.29 is 9.53 Å². The Bertz CT molecular complexity index is 428. The Morgan fingerprint density at radius 3 is 2.04 bits per heavy atom. The number of carbonyl (C=O) groups is 1. The number of benzene rings is 1. The van der Waals surface area contributed by atoms with Gasteiger partial charge in [-0.25, -0.2) is 0 Å². The summed E-state index contributed by atoms with van der Waals surface area (Å²) in [5.74, 6) is 1.18. The monoisotopic (exact) mass is 318 g/mol. The van der Waals surface area contributed by atoms with Crippen molar-refractivity contribution in [3.05, 3.63) is 35.4 Å². The predicted octanol–water partition coefficient (Wildman–Crippen LogP) is 5.89. The first-order valence-electron chi connectivity index (χ1n) is 9.38. The minimum Gasteiger partial charge on any atom is -0.466 e. The van der Waals surface area contributed by atoms with E-state index < -0.39 is 0 Å². The first kappa shape index (κ1) is 19.7. The van der Waals surface area contributed by atoms with Gasteiger partial charge in [0.25, 0.3) is 0 Å². The molecule has 1 aromatic carbocycles. The lowest BCUT2D eigenvalue weighted by Gasteiger charge is -2.28. The summed E-state index contributed by atoms with van der Waals surface area (Å²) in [6.45, 7) is 8.81. The Kier molecular flexibility index (Phi) is 9.66. The molecule has 1 aliphatic rings. The number of esters is 1. The van der Waals surface area contributed by atoms with Crippen molar-refractivity contribution in [1.82, 2.24) is 0 Å². The molecule has 0 radical (unpaired) electrons. The van der Waals surface area contributed by atoms with Crippen LogP contribution >= 0.6 is 0 Å². The van der Waals surface area contributed by atoms with Crippen LogP contribution in [0.25, 0.3) is 0 Å². The van der Waals surface area contributed by atoms with Gasteiger partial charge < -0.3 is 4.74 Å². The zero-order valence-electron chi connectivity index (χ0n) is 15.4. The predicted molar refractivity (Wildman–Crippen MR) is 97.7 cm³/mol. The van der Waals surface area contributed by atoms with Crippen molar-refractivity contribution in [3.8, 4) is 0 Å². The zero-order chi connectivity index (χ0) is 17.1. The van der Waals surface area contributed by atoms with E-state index in [0.717, 1.165) is 19.3 Å². The van der Waals surface area contributed by atoms with Gasteiger partial charge in [-0.1, -0.05) is 51.5 Å². The highest BCUT2D eigenvalue weighted by atomic mass is 16.5. The van der Waals surface area contributed by atoms with Crippen LogP contribution in [0.5, 0.6) is 0 Å². The highest BCUT2D eigenvalue weighted by molar-refractivity contribution is 5.69. The molecule has 0 spiro atoms. The van der Waals surface area contributed by atoms with E-state index in [1.807, 2.05) is 6.92 Å². The Morgan fingerprint density at radius 2 is 1.57 bits per heavy atom. The van der Waals surface area contributed by atoms with E-state index in [1.165, 1.54) is 30.4 Å². The maximum atomic E-state index is 11.5. The van der Waals surface area contributed by atoms with Crippen LogP contribution < -0.4 is 0 Å². The standard InChI is InChI=1S/C18H26O2.C3H8/c1-3-14-5-9-16(10-6-14)17-11-7-15(8-12-17)13-18(19)20-4-2;1-3-2/h5-6,9-10,15,17H,3-4,7-8,11-13H2,1-2H3;3H2,1-2H3. The van der Waals surface area contributed by atoms with Crippen molar-refractivity contribution in [1.29, 1.82) is 0 Å². The molecule has 2 rings (SSSR count). The number of rotatable bonds is 5. The summed E-state index contributed by atoms with van der Waals surface area (Å²) in [5, 5.41) is 0. The third-order valence-electron chi connectivity index (χ3n) is 4.47. The number of hydrogen-bond donors (Lipinski definition) is 0. The maximum absolute atomic E-state index is 11.5. The van der Waals surface area contributed by atoms with Gasteiger partial charge in [0.15, 0.2) is 0 Å². The molecular formula is C21H34O2. The molecule has 0 unspecified atom stereocenters. The second kappa shape index (κ2) is 11.3. The van der Waals surface area contributed by atoms with Gasteiger partial charge >= 0.3 is 5.97 Å². The molecule has 1 fully saturated rings. The second-order valence-electron chi connectivity index (χ2n) is 6.53. The molecule has 0 N–H and O–H groups in total. The van der Waals surface area contributed by atoms with Crippen LogP contribution in [0.15, 0.2) is 24.3 Å². The summed E-state index contributed by atoms with van der Waals surface area (Å²) in [7, 11) is 0. The average Bonchev–Trinajstić information content (AvgIpc) is 2.57. The van der Waals surface area contributed by atoms with Gasteiger partial charge in [-0.2, -0.15) is 0 Å². The smallest absolute Gasteiger partial charge is 0.306 e. The lowest BCUT2D eigenvalue weighted by molar-refractivity contribution is -0.144. The van der Waals surface area contributed by atoms with Crippen LogP contribution in [-0.2, 0) is 16.0 Å². The van der Waals surface area contributed by atoms with Crippen molar-refractivity contribution in [2.24, 2.45) is 5.92 Å². The topological polar surface area (TPSA) is 26.3 Å². The molecule has 0 aromatic heterocycles. The SMILES string of the molecule is CCC.CCOC(=O)CC1CCC(c2ccc(CC)cc2)CC1. The van der Waals surface area contributed by atoms with Crippen molar-refractivity contribution >= 4 is 5.97 Å². The van der Waals surface area contributed by atoms with Crippen LogP contribution in [0.4, 0.5) is 0 Å². The average molecular weight is 319 g/mol. The van der Waals surface area contributed by atoms with E-state index in [-0.39, 0.29) is 5.97 Å². The normalized spacial score (nSPS) is 20.3. The van der Waals surface area contributed by atoms with Crippen LogP contribution in [0, 0.1) is 5.92 Å². The molecule has 2 heteroatoms. The summed E-state index contributed by atoms with van der Waals surface area (Å²) in [4.78, 5) is 11.5. The van der Waals surface area contributed by atoms with Gasteiger partial charge in [0.05, 0.1) is 6.61 Å². The van der Waals surface area contributed by atoms with E-state index in [1.54, 1.807) is 0 Å². The van der Waals surface area contributed by atoms with Crippen molar-refractivity contribution in [3.63, 3.8) is 0 Å². The highest BCUT2D eigenvalue weighted by Crippen LogP contribution is 2.37. The fraction of sp³-hybridized carbons (Fsp3) is 0.667. The third kappa shape index (κ3) is 7.20. The molecule has 23 heavy (non-hydrogen) atoms. The van der Waals surface area contributed by atoms with E-state index in [0.29, 0.717) is 24.9 Å². The van der Waals surface area contributed by atoms with Crippen molar-refractivity contribution in [2.45, 2.75) is 78.6 Å². The quantitative estimate of drug-likeness (QED) is 0.632. The van der Waals surface area contributed by atoms with Gasteiger partial charge in [-0.15, -0.1) is 0 Å². The Hall–Kier alpha value is -1.31. The van der Waals surface area contributed by atoms with Crippen molar-refractivity contribution in [2.75, 3.05) is 6.61 Å². The van der Waals surface area contributed by atoms with Gasteiger partial charge in [-0.3, -0.25) is 4.79 Å². The summed E-state index contributed by atoms with van der Waals surface area (Å²) < 4.78 is 5.04. The molecule has 0 aliphatic heterocycles. The summed E-state index contributed by atoms with van der Waals surface area (Å²) in [5.41, 5.74) is 2.88. The van der Waals surface area contributed by atoms with Gasteiger partial charge in [0.1, 0.15) is 0 Å². The second-order valence-corrected chi connectivity index (χ2v) is 6.53. The molecule has 0 amide bonds. The summed E-state index contributed by atoms with van der Waals surface area (Å²) in [6, 6.07) is 9.07. The van der Waals surface area contributed by atoms with Gasteiger partial charge in [0, 0.05) is 6.42 Å². The van der Waals surface area contributed by atoms with Crippen LogP contribution in [-0.4, -0.2) is 12.6 Å². The molecule has 0 bridgehead atoms. The molecular weight excluding hydrogens is 284 g/mol. The molecule has 1 aliphatic carbocycles. The molecule has 0 heterocycles. The lowest BCUT2D eigenvalue weighted by atomic mass is 9.77. The molecule has 0 saturated heterocycles. The number of ether oxygens (including phenoxy) is 1. The summed E-state index contributed by atoms with van der Waals surface area (Å²) in [6.07, 6.45) is 7.67. The molecule has 1 aromatic rings. The first-order chi connectivity index (χ1) is 11.1. The Labute approximate surface area is 142 Å². The fourth-order valence-corrected chi connectivity index (χ4v) is 3.18. The van der Waals surface area contributed by atoms with Crippen LogP contribution in [0.3, 0.4) is 0 Å². The lowest BCUT2D eigenvalue weighted by Crippen LogP contribution is -2.17. The molecule has 0 atom stereocenters. The number of hydrogen-bond acceptors (Lipinski definition) is 2. The molecule has 130 valence electrons. The van der Waals surface area contributed by atoms with Gasteiger partial charge in [-0.05, 0) is 62.0 Å². The van der Waals surface area contributed by atoms with Crippen LogP contribution in [0.2, 0.25) is 0 Å². The zero-order valence-corrected chi connectivity index (χ0v) is 15.4. The fourth-order valence-electron chi connectivity index (χ4n) is 3.18.